The highest BCUT2D eigenvalue weighted by molar-refractivity contribution is 5.83. The van der Waals surface area contributed by atoms with E-state index in [0.717, 1.165) is 33.6 Å². The van der Waals surface area contributed by atoms with Crippen molar-refractivity contribution in [2.45, 2.75) is 38.1 Å². The Hall–Kier alpha value is -3.32. The molecule has 0 unspecified atom stereocenters. The van der Waals surface area contributed by atoms with Gasteiger partial charge in [0.15, 0.2) is 0 Å². The number of benzene rings is 2. The van der Waals surface area contributed by atoms with Gasteiger partial charge in [-0.05, 0) is 30.5 Å². The van der Waals surface area contributed by atoms with E-state index in [1.807, 2.05) is 30.3 Å². The number of aromatic amines is 1. The molecule has 0 saturated heterocycles. The molecule has 0 amide bonds. The average molecular weight is 367 g/mol. The normalized spacial score (nSPS) is 15.0. The van der Waals surface area contributed by atoms with Gasteiger partial charge < -0.3 is 5.32 Å². The zero-order valence-corrected chi connectivity index (χ0v) is 15.8. The fourth-order valence-corrected chi connectivity index (χ4v) is 4.42. The first-order chi connectivity index (χ1) is 13.8. The van der Waals surface area contributed by atoms with Crippen molar-refractivity contribution < 1.29 is 4.40 Å². The lowest BCUT2D eigenvalue weighted by Crippen LogP contribution is -2.32. The molecule has 138 valence electrons. The van der Waals surface area contributed by atoms with Gasteiger partial charge in [-0.25, -0.2) is 0 Å². The molecule has 2 N–H and O–H groups in total. The molecule has 0 spiro atoms. The number of rotatable bonds is 3. The van der Waals surface area contributed by atoms with Gasteiger partial charge in [-0.15, -0.1) is 0 Å². The number of nitrogens with zero attached hydrogens (tertiary/aromatic N) is 2. The van der Waals surface area contributed by atoms with Crippen molar-refractivity contribution in [3.05, 3.63) is 66.2 Å². The maximum absolute atomic E-state index is 10.0. The number of hydrogen-bond acceptors (Lipinski definition) is 2. The van der Waals surface area contributed by atoms with Crippen LogP contribution in [-0.2, 0) is 0 Å². The van der Waals surface area contributed by atoms with Crippen molar-refractivity contribution in [1.82, 2.24) is 4.98 Å². The summed E-state index contributed by atoms with van der Waals surface area (Å²) in [5.41, 5.74) is 5.68. The quantitative estimate of drug-likeness (QED) is 0.490. The molecular formula is C24H23N4+. The van der Waals surface area contributed by atoms with E-state index in [1.54, 1.807) is 0 Å². The molecule has 4 aromatic rings. The number of H-pyrrole nitrogens is 1. The summed E-state index contributed by atoms with van der Waals surface area (Å²) < 4.78 is 2.18. The van der Waals surface area contributed by atoms with E-state index in [9.17, 15) is 5.26 Å². The summed E-state index contributed by atoms with van der Waals surface area (Å²) in [5, 5.41) is 13.8. The van der Waals surface area contributed by atoms with Crippen LogP contribution in [0.5, 0.6) is 0 Å². The van der Waals surface area contributed by atoms with Crippen LogP contribution in [0, 0.1) is 11.3 Å². The lowest BCUT2D eigenvalue weighted by molar-refractivity contribution is -0.465. The lowest BCUT2D eigenvalue weighted by atomic mass is 9.95. The first-order valence-electron chi connectivity index (χ1n) is 10.1. The molecule has 0 aliphatic heterocycles. The van der Waals surface area contributed by atoms with Crippen molar-refractivity contribution in [2.24, 2.45) is 0 Å². The monoisotopic (exact) mass is 367 g/mol. The molecule has 0 bridgehead atoms. The summed E-state index contributed by atoms with van der Waals surface area (Å²) in [4.78, 5) is 3.49. The molecule has 2 aromatic carbocycles. The number of hydrogen-bond donors (Lipinski definition) is 2. The molecule has 28 heavy (non-hydrogen) atoms. The van der Waals surface area contributed by atoms with Crippen LogP contribution in [0.25, 0.3) is 27.8 Å². The van der Waals surface area contributed by atoms with E-state index >= 15 is 0 Å². The predicted molar refractivity (Wildman–Crippen MR) is 112 cm³/mol. The maximum atomic E-state index is 10.0. The summed E-state index contributed by atoms with van der Waals surface area (Å²) in [5.74, 6) is 1.05. The Labute approximate surface area is 164 Å². The summed E-state index contributed by atoms with van der Waals surface area (Å²) in [6.07, 6.45) is 6.29. The van der Waals surface area contributed by atoms with E-state index in [1.165, 1.54) is 32.1 Å². The van der Waals surface area contributed by atoms with Gasteiger partial charge in [0.2, 0.25) is 5.82 Å². The maximum Gasteiger partial charge on any atom is 0.250 e. The number of para-hydroxylation sites is 2. The van der Waals surface area contributed by atoms with E-state index in [-0.39, 0.29) is 0 Å². The predicted octanol–water partition coefficient (Wildman–Crippen LogP) is 5.19. The first-order valence-corrected chi connectivity index (χ1v) is 10.1. The molecule has 1 aliphatic carbocycles. The van der Waals surface area contributed by atoms with Crippen LogP contribution in [-0.4, -0.2) is 11.0 Å². The molecule has 4 heteroatoms. The van der Waals surface area contributed by atoms with Gasteiger partial charge in [0.05, 0.1) is 6.04 Å². The highest BCUT2D eigenvalue weighted by Crippen LogP contribution is 2.30. The van der Waals surface area contributed by atoms with Gasteiger partial charge in [-0.1, -0.05) is 61.7 Å². The summed E-state index contributed by atoms with van der Waals surface area (Å²) >= 11 is 0. The van der Waals surface area contributed by atoms with Gasteiger partial charge >= 0.3 is 0 Å². The first kappa shape index (κ1) is 16.8. The minimum absolute atomic E-state index is 0.481. The number of nitriles is 1. The Kier molecular flexibility index (Phi) is 4.21. The standard InChI is InChI=1S/C24H22N4/c25-16-20-19(17-9-3-1-4-10-17)15-23(26-18-11-5-2-6-12-18)28-22-14-8-7-13-21(22)27-24(20)28/h1,3-4,7-10,13-15,18H,2,5-6,11-12H2,(H,26,27)/p+1. The smallest absolute Gasteiger partial charge is 0.250 e. The van der Waals surface area contributed by atoms with Crippen LogP contribution in [0.1, 0.15) is 37.7 Å². The number of aromatic nitrogens is 2. The van der Waals surface area contributed by atoms with Crippen molar-refractivity contribution in [3.63, 3.8) is 0 Å². The molecule has 5 rings (SSSR count). The molecule has 4 nitrogen and oxygen atoms in total. The minimum atomic E-state index is 0.481. The van der Waals surface area contributed by atoms with Crippen LogP contribution >= 0.6 is 0 Å². The number of fused-ring (bicyclic) bond motifs is 3. The van der Waals surface area contributed by atoms with Crippen molar-refractivity contribution in [2.75, 3.05) is 5.32 Å². The lowest BCUT2D eigenvalue weighted by Gasteiger charge is -2.21. The highest BCUT2D eigenvalue weighted by atomic mass is 15.1. The number of pyridine rings is 1. The third-order valence-electron chi connectivity index (χ3n) is 5.80. The summed E-state index contributed by atoms with van der Waals surface area (Å²) in [7, 11) is 0. The summed E-state index contributed by atoms with van der Waals surface area (Å²) in [6.45, 7) is 0. The molecule has 2 heterocycles. The molecule has 1 fully saturated rings. The van der Waals surface area contributed by atoms with Gasteiger partial charge in [0.25, 0.3) is 5.65 Å². The number of imidazole rings is 1. The zero-order chi connectivity index (χ0) is 18.9. The third kappa shape index (κ3) is 2.80. The number of nitrogens with one attached hydrogen (secondary N) is 2. The average Bonchev–Trinajstić information content (AvgIpc) is 3.15. The molecule has 2 aromatic heterocycles. The van der Waals surface area contributed by atoms with Gasteiger partial charge in [-0.2, -0.15) is 9.66 Å². The third-order valence-corrected chi connectivity index (χ3v) is 5.80. The Morgan fingerprint density at radius 1 is 0.964 bits per heavy atom. The second kappa shape index (κ2) is 7.01. The second-order valence-electron chi connectivity index (χ2n) is 7.60. The fourth-order valence-electron chi connectivity index (χ4n) is 4.42. The van der Waals surface area contributed by atoms with Crippen LogP contribution in [0.15, 0.2) is 60.7 Å². The van der Waals surface area contributed by atoms with Crippen LogP contribution in [0.2, 0.25) is 0 Å². The molecule has 0 radical (unpaired) electrons. The Morgan fingerprint density at radius 2 is 1.71 bits per heavy atom. The van der Waals surface area contributed by atoms with Crippen molar-refractivity contribution in [3.8, 4) is 17.2 Å². The van der Waals surface area contributed by atoms with Gasteiger partial charge in [0, 0.05) is 11.6 Å². The SMILES string of the molecule is N#Cc1c(-c2ccccc2)cc(NC2CCCCC2)[n+]2c1[nH]c1ccccc12. The highest BCUT2D eigenvalue weighted by Gasteiger charge is 2.25. The molecular weight excluding hydrogens is 344 g/mol. The Bertz CT molecular complexity index is 1180. The molecule has 1 aliphatic rings. The minimum Gasteiger partial charge on any atom is -0.303 e. The fraction of sp³-hybridized carbons (Fsp3) is 0.250. The second-order valence-corrected chi connectivity index (χ2v) is 7.60. The van der Waals surface area contributed by atoms with Crippen LogP contribution in [0.4, 0.5) is 5.82 Å². The van der Waals surface area contributed by atoms with Crippen LogP contribution < -0.4 is 9.72 Å². The van der Waals surface area contributed by atoms with Gasteiger partial charge in [0.1, 0.15) is 22.7 Å². The Balaban J connectivity index is 1.79. The molecule has 1 saturated carbocycles. The van der Waals surface area contributed by atoms with E-state index in [4.69, 9.17) is 0 Å². The largest absolute Gasteiger partial charge is 0.303 e. The topological polar surface area (TPSA) is 55.7 Å². The van der Waals surface area contributed by atoms with Gasteiger partial charge in [-0.3, -0.25) is 4.98 Å². The molecule has 0 atom stereocenters. The van der Waals surface area contributed by atoms with Crippen LogP contribution in [0.3, 0.4) is 0 Å². The Morgan fingerprint density at radius 3 is 2.50 bits per heavy atom. The number of anilines is 1. The van der Waals surface area contributed by atoms with E-state index in [0.29, 0.717) is 11.6 Å². The van der Waals surface area contributed by atoms with Crippen molar-refractivity contribution >= 4 is 22.5 Å². The summed E-state index contributed by atoms with van der Waals surface area (Å²) in [6, 6.07) is 23.5. The zero-order valence-electron chi connectivity index (χ0n) is 15.8. The van der Waals surface area contributed by atoms with Crippen molar-refractivity contribution in [1.29, 1.82) is 5.26 Å². The van der Waals surface area contributed by atoms with E-state index in [2.05, 4.69) is 51.1 Å². The van der Waals surface area contributed by atoms with E-state index < -0.39 is 0 Å².